The molecule has 2 unspecified atom stereocenters. The van der Waals surface area contributed by atoms with Crippen molar-refractivity contribution in [2.24, 2.45) is 0 Å². The van der Waals surface area contributed by atoms with Crippen LogP contribution in [0.25, 0.3) is 11.1 Å². The van der Waals surface area contributed by atoms with Crippen LogP contribution < -0.4 is 4.90 Å². The highest BCUT2D eigenvalue weighted by Gasteiger charge is 2.54. The molecule has 33 heavy (non-hydrogen) atoms. The van der Waals surface area contributed by atoms with Gasteiger partial charge < -0.3 is 9.64 Å². The Morgan fingerprint density at radius 2 is 1.24 bits per heavy atom. The van der Waals surface area contributed by atoms with Crippen molar-refractivity contribution in [1.82, 2.24) is 0 Å². The van der Waals surface area contributed by atoms with E-state index in [9.17, 15) is 0 Å². The van der Waals surface area contributed by atoms with E-state index >= 15 is 0 Å². The second-order valence-corrected chi connectivity index (χ2v) is 9.83. The molecule has 2 aliphatic rings. The van der Waals surface area contributed by atoms with E-state index in [1.165, 1.54) is 27.8 Å². The van der Waals surface area contributed by atoms with E-state index in [1.807, 2.05) is 0 Å². The molecule has 1 saturated heterocycles. The average Bonchev–Trinajstić information content (AvgIpc) is 3.28. The predicted molar refractivity (Wildman–Crippen MR) is 136 cm³/mol. The van der Waals surface area contributed by atoms with E-state index in [0.29, 0.717) is 0 Å². The molecule has 2 aliphatic heterocycles. The Hall–Kier alpha value is -3.36. The first-order valence-corrected chi connectivity index (χ1v) is 11.8. The van der Waals surface area contributed by atoms with Gasteiger partial charge in [0, 0.05) is 17.1 Å². The standard InChI is InChI=1S/C31H29NO/c1-22-20-26(32(24-10-6-4-7-11-24)25-12-8-5-9-13-25)15-16-27(22)23-14-17-28-29(21-23)31(3)19-18-30(28,2)33-31/h4-17,20-21H,18-19H2,1-3H3. The molecule has 0 aromatic heterocycles. The minimum atomic E-state index is -0.147. The molecule has 164 valence electrons. The van der Waals surface area contributed by atoms with Crippen molar-refractivity contribution in [3.05, 3.63) is 114 Å². The van der Waals surface area contributed by atoms with Crippen molar-refractivity contribution in [2.45, 2.75) is 44.8 Å². The lowest BCUT2D eigenvalue weighted by Gasteiger charge is -2.26. The summed E-state index contributed by atoms with van der Waals surface area (Å²) in [7, 11) is 0. The molecule has 2 bridgehead atoms. The summed E-state index contributed by atoms with van der Waals surface area (Å²) in [4.78, 5) is 2.31. The van der Waals surface area contributed by atoms with Gasteiger partial charge in [-0.15, -0.1) is 0 Å². The Bertz CT molecular complexity index is 1290. The van der Waals surface area contributed by atoms with Crippen LogP contribution in [-0.2, 0) is 15.9 Å². The summed E-state index contributed by atoms with van der Waals surface area (Å²) >= 11 is 0. The van der Waals surface area contributed by atoms with Crippen molar-refractivity contribution in [3.63, 3.8) is 0 Å². The topological polar surface area (TPSA) is 12.5 Å². The Labute approximate surface area is 196 Å². The summed E-state index contributed by atoms with van der Waals surface area (Å²) in [6.07, 6.45) is 2.21. The second-order valence-electron chi connectivity index (χ2n) is 9.83. The first-order valence-electron chi connectivity index (χ1n) is 11.8. The maximum atomic E-state index is 6.48. The fourth-order valence-electron chi connectivity index (χ4n) is 5.78. The Morgan fingerprint density at radius 1 is 0.636 bits per heavy atom. The van der Waals surface area contributed by atoms with Gasteiger partial charge in [-0.25, -0.2) is 0 Å². The molecule has 1 fully saturated rings. The van der Waals surface area contributed by atoms with Gasteiger partial charge in [0.2, 0.25) is 0 Å². The second kappa shape index (κ2) is 7.33. The molecule has 0 spiro atoms. The van der Waals surface area contributed by atoms with Crippen molar-refractivity contribution in [3.8, 4) is 11.1 Å². The molecule has 4 aromatic rings. The number of para-hydroxylation sites is 2. The highest BCUT2D eigenvalue weighted by atomic mass is 16.5. The number of nitrogens with zero attached hydrogens (tertiary/aromatic N) is 1. The lowest BCUT2D eigenvalue weighted by atomic mass is 9.77. The first-order chi connectivity index (χ1) is 16.0. The molecule has 0 amide bonds. The zero-order valence-corrected chi connectivity index (χ0v) is 19.5. The molecular formula is C31H29NO. The molecule has 6 rings (SSSR count). The quantitative estimate of drug-likeness (QED) is 0.322. The van der Waals surface area contributed by atoms with Gasteiger partial charge in [0.05, 0.1) is 11.2 Å². The van der Waals surface area contributed by atoms with Gasteiger partial charge >= 0.3 is 0 Å². The number of benzene rings is 4. The normalized spacial score (nSPS) is 22.9. The van der Waals surface area contributed by atoms with Crippen molar-refractivity contribution in [1.29, 1.82) is 0 Å². The third-order valence-corrected chi connectivity index (χ3v) is 7.50. The zero-order valence-electron chi connectivity index (χ0n) is 19.5. The molecule has 2 atom stereocenters. The molecule has 4 aromatic carbocycles. The lowest BCUT2D eigenvalue weighted by molar-refractivity contribution is -0.0662. The van der Waals surface area contributed by atoms with Crippen LogP contribution in [0, 0.1) is 6.92 Å². The number of anilines is 3. The monoisotopic (exact) mass is 431 g/mol. The molecule has 0 aliphatic carbocycles. The van der Waals surface area contributed by atoms with Crippen LogP contribution in [0.4, 0.5) is 17.1 Å². The fraction of sp³-hybridized carbons (Fsp3) is 0.226. The van der Waals surface area contributed by atoms with E-state index in [4.69, 9.17) is 4.74 Å². The van der Waals surface area contributed by atoms with Crippen molar-refractivity contribution < 1.29 is 4.74 Å². The number of hydrogen-bond donors (Lipinski definition) is 0. The number of aryl methyl sites for hydroxylation is 1. The molecule has 0 saturated carbocycles. The van der Waals surface area contributed by atoms with Crippen LogP contribution >= 0.6 is 0 Å². The van der Waals surface area contributed by atoms with Gasteiger partial charge in [-0.05, 0) is 104 Å². The van der Waals surface area contributed by atoms with Gasteiger partial charge in [0.15, 0.2) is 0 Å². The Balaban J connectivity index is 1.42. The third-order valence-electron chi connectivity index (χ3n) is 7.50. The number of fused-ring (bicyclic) bond motifs is 5. The maximum Gasteiger partial charge on any atom is 0.0920 e. The summed E-state index contributed by atoms with van der Waals surface area (Å²) in [5.41, 5.74) is 9.76. The Morgan fingerprint density at radius 3 is 1.85 bits per heavy atom. The summed E-state index contributed by atoms with van der Waals surface area (Å²) in [5.74, 6) is 0. The molecule has 2 nitrogen and oxygen atoms in total. The largest absolute Gasteiger partial charge is 0.360 e. The van der Waals surface area contributed by atoms with E-state index < -0.39 is 0 Å². The summed E-state index contributed by atoms with van der Waals surface area (Å²) < 4.78 is 6.48. The van der Waals surface area contributed by atoms with Gasteiger partial charge in [-0.3, -0.25) is 0 Å². The number of hydrogen-bond acceptors (Lipinski definition) is 2. The molecule has 0 radical (unpaired) electrons. The summed E-state index contributed by atoms with van der Waals surface area (Å²) in [6.45, 7) is 6.71. The molecule has 2 heteroatoms. The third kappa shape index (κ3) is 3.20. The molecular weight excluding hydrogens is 402 g/mol. The van der Waals surface area contributed by atoms with Crippen LogP contribution in [0.5, 0.6) is 0 Å². The average molecular weight is 432 g/mol. The SMILES string of the molecule is Cc1cc(N(c2ccccc2)c2ccccc2)ccc1-c1ccc2c(c1)C1(C)CCC2(C)O1. The fourth-order valence-corrected chi connectivity index (χ4v) is 5.78. The van der Waals surface area contributed by atoms with E-state index in [2.05, 4.69) is 123 Å². The summed E-state index contributed by atoms with van der Waals surface area (Å²) in [5, 5.41) is 0. The highest BCUT2D eigenvalue weighted by Crippen LogP contribution is 2.58. The minimum Gasteiger partial charge on any atom is -0.360 e. The van der Waals surface area contributed by atoms with Crippen LogP contribution in [0.3, 0.4) is 0 Å². The van der Waals surface area contributed by atoms with Gasteiger partial charge in [-0.2, -0.15) is 0 Å². The Kier molecular flexibility index (Phi) is 4.50. The van der Waals surface area contributed by atoms with Gasteiger partial charge in [0.25, 0.3) is 0 Å². The van der Waals surface area contributed by atoms with Gasteiger partial charge in [0.1, 0.15) is 0 Å². The molecule has 0 N–H and O–H groups in total. The van der Waals surface area contributed by atoms with Crippen LogP contribution in [-0.4, -0.2) is 0 Å². The van der Waals surface area contributed by atoms with E-state index in [1.54, 1.807) is 0 Å². The van der Waals surface area contributed by atoms with Crippen LogP contribution in [0.2, 0.25) is 0 Å². The van der Waals surface area contributed by atoms with Crippen LogP contribution in [0.1, 0.15) is 43.4 Å². The zero-order chi connectivity index (χ0) is 22.6. The summed E-state index contributed by atoms with van der Waals surface area (Å²) in [6, 6.07) is 34.9. The van der Waals surface area contributed by atoms with Crippen LogP contribution in [0.15, 0.2) is 97.1 Å². The van der Waals surface area contributed by atoms with E-state index in [0.717, 1.165) is 29.9 Å². The first kappa shape index (κ1) is 20.3. The van der Waals surface area contributed by atoms with Crippen molar-refractivity contribution in [2.75, 3.05) is 4.90 Å². The van der Waals surface area contributed by atoms with Gasteiger partial charge in [-0.1, -0.05) is 54.6 Å². The highest BCUT2D eigenvalue weighted by molar-refractivity contribution is 5.80. The lowest BCUT2D eigenvalue weighted by Crippen LogP contribution is -2.17. The molecule has 2 heterocycles. The van der Waals surface area contributed by atoms with E-state index in [-0.39, 0.29) is 11.2 Å². The minimum absolute atomic E-state index is 0.118. The van der Waals surface area contributed by atoms with Crippen molar-refractivity contribution >= 4 is 17.1 Å². The number of ether oxygens (including phenoxy) is 1. The smallest absolute Gasteiger partial charge is 0.0920 e. The maximum absolute atomic E-state index is 6.48. The predicted octanol–water partition coefficient (Wildman–Crippen LogP) is 8.39. The number of rotatable bonds is 4.